The molecule has 22 heavy (non-hydrogen) atoms. The topological polar surface area (TPSA) is 111 Å². The van der Waals surface area contributed by atoms with Gasteiger partial charge in [-0.1, -0.05) is 12.7 Å². The fourth-order valence-electron chi connectivity index (χ4n) is 1.08. The maximum atomic E-state index is 12.1. The molecule has 1 unspecified atom stereocenters. The minimum Gasteiger partial charge on any atom is -0.481 e. The number of phosphoric ester groups is 1. The minimum absolute atomic E-state index is 0. The van der Waals surface area contributed by atoms with Crippen molar-refractivity contribution in [3.05, 3.63) is 19.1 Å². The Morgan fingerprint density at radius 1 is 1.32 bits per heavy atom. The Morgan fingerprint density at radius 2 is 2.00 bits per heavy atom. The van der Waals surface area contributed by atoms with E-state index in [-0.39, 0.29) is 60.3 Å². The van der Waals surface area contributed by atoms with Crippen LogP contribution in [0, 0.1) is 6.42 Å². The van der Waals surface area contributed by atoms with E-state index in [4.69, 9.17) is 18.7 Å². The summed E-state index contributed by atoms with van der Waals surface area (Å²) >= 11 is 0. The normalized spacial score (nSPS) is 12.8. The predicted molar refractivity (Wildman–Crippen MR) is 75.5 cm³/mol. The summed E-state index contributed by atoms with van der Waals surface area (Å²) < 4.78 is 27.0. The van der Waals surface area contributed by atoms with Crippen LogP contribution in [0.4, 0.5) is 0 Å². The molecule has 0 spiro atoms. The summed E-state index contributed by atoms with van der Waals surface area (Å²) in [5.41, 5.74) is 0. The molecule has 0 aromatic rings. The van der Waals surface area contributed by atoms with E-state index in [0.29, 0.717) is 0 Å². The van der Waals surface area contributed by atoms with E-state index in [9.17, 15) is 14.2 Å². The molecule has 10 heteroatoms. The number of amides is 1. The van der Waals surface area contributed by atoms with Crippen molar-refractivity contribution in [1.29, 1.82) is 0 Å². The molecule has 1 atom stereocenters. The maximum Gasteiger partial charge on any atom is 0.472 e. The molecule has 0 saturated carbocycles. The average molecular weight is 506 g/mol. The molecule has 0 aromatic heterocycles. The molecule has 0 aliphatic rings. The van der Waals surface area contributed by atoms with Gasteiger partial charge in [0.2, 0.25) is 5.91 Å². The Morgan fingerprint density at radius 3 is 2.55 bits per heavy atom. The number of aliphatic carboxylic acids is 1. The first kappa shape index (κ1) is 23.7. The summed E-state index contributed by atoms with van der Waals surface area (Å²) in [4.78, 5) is 21.5. The Hall–Kier alpha value is -0.522. The molecule has 1 amide bonds. The van der Waals surface area contributed by atoms with Crippen molar-refractivity contribution in [3.8, 4) is 0 Å². The van der Waals surface area contributed by atoms with Gasteiger partial charge in [0.25, 0.3) is 0 Å². The van der Waals surface area contributed by atoms with Crippen LogP contribution in [-0.4, -0.2) is 43.3 Å². The second-order valence-electron chi connectivity index (χ2n) is 3.81. The van der Waals surface area contributed by atoms with Gasteiger partial charge in [0, 0.05) is 34.0 Å². The molecule has 0 aliphatic carbocycles. The van der Waals surface area contributed by atoms with Gasteiger partial charge in [-0.15, -0.1) is 6.58 Å². The van der Waals surface area contributed by atoms with Crippen LogP contribution in [0.15, 0.2) is 12.7 Å². The van der Waals surface area contributed by atoms with Crippen molar-refractivity contribution in [3.63, 3.8) is 0 Å². The predicted octanol–water partition coefficient (Wildman–Crippen LogP) is 1.53. The smallest absolute Gasteiger partial charge is 0.472 e. The zero-order valence-electron chi connectivity index (χ0n) is 12.4. The fourth-order valence-corrected chi connectivity index (χ4v) is 2.24. The van der Waals surface area contributed by atoms with Crippen molar-refractivity contribution in [2.45, 2.75) is 19.8 Å². The van der Waals surface area contributed by atoms with Crippen molar-refractivity contribution < 1.29 is 53.9 Å². The molecule has 0 radical (unpaired) electrons. The van der Waals surface area contributed by atoms with Crippen molar-refractivity contribution in [1.82, 2.24) is 5.32 Å². The monoisotopic (exact) mass is 506 g/mol. The van der Waals surface area contributed by atoms with Gasteiger partial charge >= 0.3 is 13.8 Å². The number of hydrogen-bond acceptors (Lipinski definition) is 6. The zero-order valence-corrected chi connectivity index (χ0v) is 16.2. The number of nitrogens with one attached hydrogen (secondary N) is 1. The second-order valence-corrected chi connectivity index (χ2v) is 5.48. The van der Waals surface area contributed by atoms with Crippen LogP contribution in [0.2, 0.25) is 0 Å². The summed E-state index contributed by atoms with van der Waals surface area (Å²) in [5, 5.41) is 10.9. The van der Waals surface area contributed by atoms with E-state index in [1.54, 1.807) is 13.3 Å². The Kier molecular flexibility index (Phi) is 15.2. The number of hydrogen-bond donors (Lipinski definition) is 2. The third kappa shape index (κ3) is 13.2. The van der Waals surface area contributed by atoms with Gasteiger partial charge < -0.3 is 21.4 Å². The fraction of sp³-hybridized carbons (Fsp3) is 0.583. The summed E-state index contributed by atoms with van der Waals surface area (Å²) in [6.45, 7) is 5.24. The third-order valence-corrected chi connectivity index (χ3v) is 3.42. The van der Waals surface area contributed by atoms with Crippen LogP contribution in [0.3, 0.4) is 0 Å². The van der Waals surface area contributed by atoms with Gasteiger partial charge in [-0.2, -0.15) is 6.92 Å². The number of rotatable bonds is 13. The molecular formula is C12H21NO7PW-. The van der Waals surface area contributed by atoms with Crippen LogP contribution in [0.1, 0.15) is 19.8 Å². The number of carbonyl (C=O) groups is 2. The standard InChI is InChI=1S/C12H21NO7P.W/c1-3-8-18-21(17,19-9-4-2)20-10-7-13-11(14)5-6-12(15)16;/h3-4H,1,5-10H2,2H3,(H,13,14)(H,15,16);/q-1;. The van der Waals surface area contributed by atoms with Crippen LogP contribution >= 0.6 is 7.82 Å². The van der Waals surface area contributed by atoms with Crippen molar-refractivity contribution >= 4 is 19.7 Å². The molecular weight excluding hydrogens is 485 g/mol. The number of carboxylic acids is 1. The molecule has 0 aliphatic heterocycles. The first-order chi connectivity index (χ1) is 9.93. The molecule has 0 saturated heterocycles. The van der Waals surface area contributed by atoms with Gasteiger partial charge in [0.15, 0.2) is 0 Å². The molecule has 128 valence electrons. The summed E-state index contributed by atoms with van der Waals surface area (Å²) in [7, 11) is -3.69. The summed E-state index contributed by atoms with van der Waals surface area (Å²) in [5.74, 6) is -1.47. The Bertz CT molecular complexity index is 392. The number of carbonyl (C=O) groups excluding carboxylic acids is 1. The SMILES string of the molecule is C=CCOP(=O)(OC[CH-]C)OCCNC(=O)CCC(=O)O.[W]. The Balaban J connectivity index is 0. The summed E-state index contributed by atoms with van der Waals surface area (Å²) in [6, 6.07) is 0. The summed E-state index contributed by atoms with van der Waals surface area (Å²) in [6.07, 6.45) is 2.67. The molecule has 0 heterocycles. The van der Waals surface area contributed by atoms with Gasteiger partial charge in [-0.05, 0) is 0 Å². The molecule has 0 rings (SSSR count). The van der Waals surface area contributed by atoms with Gasteiger partial charge in [0.05, 0.1) is 19.6 Å². The molecule has 0 aromatic carbocycles. The van der Waals surface area contributed by atoms with Crippen LogP contribution < -0.4 is 5.32 Å². The first-order valence-corrected chi connectivity index (χ1v) is 7.80. The van der Waals surface area contributed by atoms with Gasteiger partial charge in [-0.3, -0.25) is 18.6 Å². The zero-order chi connectivity index (χ0) is 16.1. The maximum absolute atomic E-state index is 12.1. The van der Waals surface area contributed by atoms with Gasteiger partial charge in [0.1, 0.15) is 0 Å². The van der Waals surface area contributed by atoms with E-state index in [0.717, 1.165) is 0 Å². The van der Waals surface area contributed by atoms with E-state index in [1.165, 1.54) is 6.08 Å². The number of carboxylic acid groups (broad SMARTS) is 1. The minimum atomic E-state index is -3.69. The van der Waals surface area contributed by atoms with E-state index < -0.39 is 19.7 Å². The van der Waals surface area contributed by atoms with Crippen LogP contribution in [-0.2, 0) is 48.8 Å². The molecule has 8 nitrogen and oxygen atoms in total. The second kappa shape index (κ2) is 14.1. The van der Waals surface area contributed by atoms with Crippen LogP contribution in [0.25, 0.3) is 0 Å². The number of phosphoric acid groups is 1. The average Bonchev–Trinajstić information content (AvgIpc) is 2.45. The largest absolute Gasteiger partial charge is 0.481 e. The Labute approximate surface area is 144 Å². The van der Waals surface area contributed by atoms with Crippen LogP contribution in [0.5, 0.6) is 0 Å². The van der Waals surface area contributed by atoms with E-state index in [2.05, 4.69) is 11.9 Å². The quantitative estimate of drug-likeness (QED) is 0.169. The van der Waals surface area contributed by atoms with E-state index in [1.807, 2.05) is 0 Å². The van der Waals surface area contributed by atoms with E-state index >= 15 is 0 Å². The first-order valence-electron chi connectivity index (χ1n) is 6.34. The molecule has 0 bridgehead atoms. The molecule has 2 N–H and O–H groups in total. The van der Waals surface area contributed by atoms with Gasteiger partial charge in [-0.25, -0.2) is 4.57 Å². The third-order valence-electron chi connectivity index (χ3n) is 1.99. The van der Waals surface area contributed by atoms with Crippen molar-refractivity contribution in [2.75, 3.05) is 26.4 Å². The van der Waals surface area contributed by atoms with Crippen molar-refractivity contribution in [2.24, 2.45) is 0 Å². The molecule has 0 fully saturated rings.